The molecule has 0 atom stereocenters. The summed E-state index contributed by atoms with van der Waals surface area (Å²) >= 11 is 2.43. The number of hydrogen-bond acceptors (Lipinski definition) is 3. The number of unbranched alkanes of at least 4 members (excludes halogenated alkanes) is 3. The van der Waals surface area contributed by atoms with Crippen LogP contribution in [0, 0.1) is 0 Å². The number of nitrogens with one attached hydrogen (secondary N) is 1. The molecule has 1 aromatic heterocycles. The Morgan fingerprint density at radius 3 is 2.88 bits per heavy atom. The summed E-state index contributed by atoms with van der Waals surface area (Å²) in [6.45, 7) is 1.91. The fourth-order valence-corrected chi connectivity index (χ4v) is 2.20. The number of methoxy groups -OCH3 is 1. The molecule has 0 radical (unpaired) electrons. The molecule has 4 heteroatoms. The van der Waals surface area contributed by atoms with Gasteiger partial charge >= 0.3 is 0 Å². The van der Waals surface area contributed by atoms with Crippen molar-refractivity contribution in [2.75, 3.05) is 18.1 Å². The predicted molar refractivity (Wildman–Crippen MR) is 79.9 cm³/mol. The van der Waals surface area contributed by atoms with Crippen LogP contribution >= 0.6 is 22.6 Å². The third-order valence-electron chi connectivity index (χ3n) is 2.60. The molecule has 0 saturated carbocycles. The number of pyridine rings is 1. The highest BCUT2D eigenvalue weighted by Crippen LogP contribution is 2.12. The number of hydrogen-bond donors (Lipinski definition) is 1. The van der Waals surface area contributed by atoms with Crippen LogP contribution < -0.4 is 10.1 Å². The number of halogens is 1. The molecule has 0 aliphatic rings. The zero-order chi connectivity index (χ0) is 12.3. The number of alkyl halides is 1. The average molecular weight is 348 g/mol. The van der Waals surface area contributed by atoms with E-state index in [0.717, 1.165) is 24.5 Å². The molecule has 0 spiro atoms. The molecule has 1 N–H and O–H groups in total. The molecule has 3 nitrogen and oxygen atoms in total. The molecule has 96 valence electrons. The molecule has 0 aromatic carbocycles. The molecule has 0 amide bonds. The van der Waals surface area contributed by atoms with Crippen LogP contribution in [-0.2, 0) is 6.54 Å². The lowest BCUT2D eigenvalue weighted by Gasteiger charge is -2.08. The largest absolute Gasteiger partial charge is 0.481 e. The van der Waals surface area contributed by atoms with Crippen molar-refractivity contribution in [3.05, 3.63) is 23.9 Å². The summed E-state index contributed by atoms with van der Waals surface area (Å²) in [5, 5.41) is 3.43. The van der Waals surface area contributed by atoms with E-state index in [-0.39, 0.29) is 0 Å². The van der Waals surface area contributed by atoms with Crippen molar-refractivity contribution in [1.29, 1.82) is 0 Å². The summed E-state index contributed by atoms with van der Waals surface area (Å²) in [6.07, 6.45) is 7.02. The summed E-state index contributed by atoms with van der Waals surface area (Å²) < 4.78 is 6.48. The minimum atomic E-state index is 0.727. The molecule has 0 aliphatic heterocycles. The van der Waals surface area contributed by atoms with Crippen molar-refractivity contribution in [2.24, 2.45) is 0 Å². The molecule has 0 bridgehead atoms. The van der Waals surface area contributed by atoms with Gasteiger partial charge in [0.2, 0.25) is 5.88 Å². The Bertz CT molecular complexity index is 307. The van der Waals surface area contributed by atoms with Crippen molar-refractivity contribution >= 4 is 22.6 Å². The van der Waals surface area contributed by atoms with E-state index in [1.54, 1.807) is 13.3 Å². The quantitative estimate of drug-likeness (QED) is 0.423. The van der Waals surface area contributed by atoms with Gasteiger partial charge in [0.25, 0.3) is 0 Å². The fraction of sp³-hybridized carbons (Fsp3) is 0.615. The number of ether oxygens (including phenoxy) is 1. The molecule has 17 heavy (non-hydrogen) atoms. The molecule has 1 heterocycles. The van der Waals surface area contributed by atoms with Crippen molar-refractivity contribution in [1.82, 2.24) is 10.3 Å². The highest BCUT2D eigenvalue weighted by atomic mass is 127. The molecular weight excluding hydrogens is 327 g/mol. The zero-order valence-corrected chi connectivity index (χ0v) is 12.6. The Morgan fingerprint density at radius 1 is 1.29 bits per heavy atom. The fourth-order valence-electron chi connectivity index (χ4n) is 1.66. The maximum Gasteiger partial charge on any atom is 0.217 e. The van der Waals surface area contributed by atoms with Gasteiger partial charge in [0, 0.05) is 18.3 Å². The van der Waals surface area contributed by atoms with Crippen LogP contribution in [0.5, 0.6) is 5.88 Å². The highest BCUT2D eigenvalue weighted by Gasteiger charge is 2.01. The van der Waals surface area contributed by atoms with E-state index in [1.807, 2.05) is 6.07 Å². The standard InChI is InChI=1S/C13H21IN2O/c1-17-13-12(7-6-10-16-13)11-15-9-5-3-2-4-8-14/h6-7,10,15H,2-5,8-9,11H2,1H3. The van der Waals surface area contributed by atoms with E-state index in [4.69, 9.17) is 4.74 Å². The van der Waals surface area contributed by atoms with E-state index in [9.17, 15) is 0 Å². The van der Waals surface area contributed by atoms with E-state index >= 15 is 0 Å². The summed E-state index contributed by atoms with van der Waals surface area (Å²) in [7, 11) is 1.66. The molecule has 0 unspecified atom stereocenters. The van der Waals surface area contributed by atoms with Gasteiger partial charge in [0.15, 0.2) is 0 Å². The Balaban J connectivity index is 2.13. The van der Waals surface area contributed by atoms with Gasteiger partial charge in [-0.25, -0.2) is 4.98 Å². The van der Waals surface area contributed by atoms with Gasteiger partial charge in [0.1, 0.15) is 0 Å². The molecular formula is C13H21IN2O. The predicted octanol–water partition coefficient (Wildman–Crippen LogP) is 3.18. The Kier molecular flexibility index (Phi) is 8.34. The SMILES string of the molecule is COc1ncccc1CNCCCCCCI. The number of nitrogens with zero attached hydrogens (tertiary/aromatic N) is 1. The van der Waals surface area contributed by atoms with E-state index in [2.05, 4.69) is 39.0 Å². The van der Waals surface area contributed by atoms with Crippen LogP contribution in [0.25, 0.3) is 0 Å². The molecule has 1 aromatic rings. The van der Waals surface area contributed by atoms with E-state index in [0.29, 0.717) is 0 Å². The molecule has 0 fully saturated rings. The first kappa shape index (κ1) is 14.7. The number of aromatic nitrogens is 1. The van der Waals surface area contributed by atoms with Gasteiger partial charge in [-0.2, -0.15) is 0 Å². The van der Waals surface area contributed by atoms with Crippen LogP contribution in [0.1, 0.15) is 31.2 Å². The van der Waals surface area contributed by atoms with Crippen molar-refractivity contribution in [3.8, 4) is 5.88 Å². The number of rotatable bonds is 9. The minimum Gasteiger partial charge on any atom is -0.481 e. The highest BCUT2D eigenvalue weighted by molar-refractivity contribution is 14.1. The monoisotopic (exact) mass is 348 g/mol. The van der Waals surface area contributed by atoms with Crippen LogP contribution in [0.2, 0.25) is 0 Å². The summed E-state index contributed by atoms with van der Waals surface area (Å²) in [6, 6.07) is 3.99. The summed E-state index contributed by atoms with van der Waals surface area (Å²) in [5.41, 5.74) is 1.13. The second-order valence-corrected chi connectivity index (χ2v) is 5.03. The maximum atomic E-state index is 5.20. The van der Waals surface area contributed by atoms with Crippen LogP contribution in [0.4, 0.5) is 0 Å². The van der Waals surface area contributed by atoms with Gasteiger partial charge < -0.3 is 10.1 Å². The average Bonchev–Trinajstić information content (AvgIpc) is 2.38. The lowest BCUT2D eigenvalue weighted by molar-refractivity contribution is 0.390. The van der Waals surface area contributed by atoms with Crippen molar-refractivity contribution in [3.63, 3.8) is 0 Å². The molecule has 0 saturated heterocycles. The van der Waals surface area contributed by atoms with Gasteiger partial charge in [-0.1, -0.05) is 41.5 Å². The smallest absolute Gasteiger partial charge is 0.217 e. The second kappa shape index (κ2) is 9.65. The Morgan fingerprint density at radius 2 is 2.12 bits per heavy atom. The van der Waals surface area contributed by atoms with Gasteiger partial charge in [-0.05, 0) is 29.9 Å². The second-order valence-electron chi connectivity index (χ2n) is 3.95. The minimum absolute atomic E-state index is 0.727. The first-order valence-corrected chi connectivity index (χ1v) is 7.65. The first-order valence-electron chi connectivity index (χ1n) is 6.13. The normalized spacial score (nSPS) is 10.5. The Hall–Kier alpha value is -0.360. The summed E-state index contributed by atoms with van der Waals surface area (Å²) in [4.78, 5) is 4.17. The van der Waals surface area contributed by atoms with Crippen LogP contribution in [0.15, 0.2) is 18.3 Å². The zero-order valence-electron chi connectivity index (χ0n) is 10.4. The van der Waals surface area contributed by atoms with Crippen molar-refractivity contribution < 1.29 is 4.74 Å². The lowest BCUT2D eigenvalue weighted by Crippen LogP contribution is -2.15. The van der Waals surface area contributed by atoms with E-state index in [1.165, 1.54) is 30.1 Å². The molecule has 1 rings (SSSR count). The third kappa shape index (κ3) is 6.21. The van der Waals surface area contributed by atoms with Gasteiger partial charge in [0.05, 0.1) is 7.11 Å². The first-order chi connectivity index (χ1) is 8.38. The maximum absolute atomic E-state index is 5.20. The van der Waals surface area contributed by atoms with Crippen molar-refractivity contribution in [2.45, 2.75) is 32.2 Å². The third-order valence-corrected chi connectivity index (χ3v) is 3.36. The van der Waals surface area contributed by atoms with Gasteiger partial charge in [-0.15, -0.1) is 0 Å². The Labute approximate surface area is 117 Å². The van der Waals surface area contributed by atoms with Crippen LogP contribution in [0.3, 0.4) is 0 Å². The molecule has 0 aliphatic carbocycles. The van der Waals surface area contributed by atoms with E-state index < -0.39 is 0 Å². The van der Waals surface area contributed by atoms with Crippen LogP contribution in [-0.4, -0.2) is 23.1 Å². The topological polar surface area (TPSA) is 34.1 Å². The summed E-state index contributed by atoms with van der Waals surface area (Å²) in [5.74, 6) is 0.727. The van der Waals surface area contributed by atoms with Gasteiger partial charge in [-0.3, -0.25) is 0 Å². The lowest BCUT2D eigenvalue weighted by atomic mass is 10.2.